The van der Waals surface area contributed by atoms with Crippen molar-refractivity contribution in [3.05, 3.63) is 89.5 Å². The molecule has 0 bridgehead atoms. The molecule has 0 aliphatic rings. The van der Waals surface area contributed by atoms with E-state index in [9.17, 15) is 4.39 Å². The van der Waals surface area contributed by atoms with Gasteiger partial charge in [-0.3, -0.25) is 4.68 Å². The van der Waals surface area contributed by atoms with Crippen LogP contribution in [0.3, 0.4) is 0 Å². The molecule has 0 unspecified atom stereocenters. The molecule has 5 heteroatoms. The Bertz CT molecular complexity index is 797. The van der Waals surface area contributed by atoms with Crippen LogP contribution in [0.2, 0.25) is 0 Å². The molecule has 0 saturated carbocycles. The van der Waals surface area contributed by atoms with Gasteiger partial charge >= 0.3 is 0 Å². The standard InChI is InChI=1S/C19H18FN3O/c1-15(18-5-3-2-4-6-18)24-22-12-17-11-21-23(14-17)13-16-7-9-19(20)10-8-16/h2-12,14-15H,13H2,1H3/b22-12+/t15-/m1/s1. The number of hydrogen-bond donors (Lipinski definition) is 0. The van der Waals surface area contributed by atoms with E-state index in [0.717, 1.165) is 16.7 Å². The van der Waals surface area contributed by atoms with Gasteiger partial charge in [-0.1, -0.05) is 47.6 Å². The fraction of sp³-hybridized carbons (Fsp3) is 0.158. The van der Waals surface area contributed by atoms with Gasteiger partial charge in [-0.15, -0.1) is 0 Å². The molecule has 0 radical (unpaired) electrons. The van der Waals surface area contributed by atoms with Crippen molar-refractivity contribution in [1.29, 1.82) is 0 Å². The van der Waals surface area contributed by atoms with Crippen LogP contribution >= 0.6 is 0 Å². The Labute approximate surface area is 140 Å². The van der Waals surface area contributed by atoms with Crippen LogP contribution in [0.1, 0.15) is 29.7 Å². The van der Waals surface area contributed by atoms with E-state index in [1.165, 1.54) is 12.1 Å². The molecule has 1 aromatic heterocycles. The van der Waals surface area contributed by atoms with Gasteiger partial charge in [0.2, 0.25) is 0 Å². The summed E-state index contributed by atoms with van der Waals surface area (Å²) in [5.41, 5.74) is 2.90. The van der Waals surface area contributed by atoms with Gasteiger partial charge in [0, 0.05) is 11.8 Å². The number of benzene rings is 2. The Balaban J connectivity index is 1.56. The third-order valence-corrected chi connectivity index (χ3v) is 3.60. The van der Waals surface area contributed by atoms with Gasteiger partial charge < -0.3 is 4.84 Å². The van der Waals surface area contributed by atoms with Crippen LogP contribution < -0.4 is 0 Å². The average molecular weight is 323 g/mol. The minimum absolute atomic E-state index is 0.114. The van der Waals surface area contributed by atoms with E-state index in [-0.39, 0.29) is 11.9 Å². The van der Waals surface area contributed by atoms with E-state index in [0.29, 0.717) is 6.54 Å². The quantitative estimate of drug-likeness (QED) is 0.504. The van der Waals surface area contributed by atoms with E-state index in [1.807, 2.05) is 43.5 Å². The highest BCUT2D eigenvalue weighted by Gasteiger charge is 2.04. The first-order chi connectivity index (χ1) is 11.7. The number of hydrogen-bond acceptors (Lipinski definition) is 3. The summed E-state index contributed by atoms with van der Waals surface area (Å²) in [5, 5.41) is 8.29. The first-order valence-electron chi connectivity index (χ1n) is 7.72. The summed E-state index contributed by atoms with van der Waals surface area (Å²) in [6.45, 7) is 2.53. The molecule has 0 spiro atoms. The van der Waals surface area contributed by atoms with Gasteiger partial charge in [-0.25, -0.2) is 4.39 Å². The lowest BCUT2D eigenvalue weighted by molar-refractivity contribution is 0.0736. The first-order valence-corrected chi connectivity index (χ1v) is 7.72. The topological polar surface area (TPSA) is 39.4 Å². The third-order valence-electron chi connectivity index (χ3n) is 3.60. The SMILES string of the molecule is C[C@@H](O/N=C/c1cnn(Cc2ccc(F)cc2)c1)c1ccccc1. The molecule has 0 aliphatic carbocycles. The molecule has 0 amide bonds. The Morgan fingerprint density at radius 1 is 1.17 bits per heavy atom. The van der Waals surface area contributed by atoms with Crippen molar-refractivity contribution in [2.24, 2.45) is 5.16 Å². The number of nitrogens with zero attached hydrogens (tertiary/aromatic N) is 3. The molecule has 0 aliphatic heterocycles. The zero-order chi connectivity index (χ0) is 16.8. The maximum absolute atomic E-state index is 12.9. The van der Waals surface area contributed by atoms with Crippen LogP contribution in [0.15, 0.2) is 72.1 Å². The molecule has 0 saturated heterocycles. The second-order valence-electron chi connectivity index (χ2n) is 5.49. The molecule has 4 nitrogen and oxygen atoms in total. The van der Waals surface area contributed by atoms with Crippen molar-refractivity contribution in [1.82, 2.24) is 9.78 Å². The van der Waals surface area contributed by atoms with Crippen molar-refractivity contribution in [3.8, 4) is 0 Å². The smallest absolute Gasteiger partial charge is 0.149 e. The summed E-state index contributed by atoms with van der Waals surface area (Å²) in [7, 11) is 0. The Morgan fingerprint density at radius 3 is 2.67 bits per heavy atom. The van der Waals surface area contributed by atoms with Crippen LogP contribution in [0, 0.1) is 5.82 Å². The highest BCUT2D eigenvalue weighted by Crippen LogP contribution is 2.15. The summed E-state index contributed by atoms with van der Waals surface area (Å²) in [5.74, 6) is -0.239. The number of rotatable bonds is 6. The Kier molecular flexibility index (Phi) is 5.01. The monoisotopic (exact) mass is 323 g/mol. The normalized spacial score (nSPS) is 12.4. The van der Waals surface area contributed by atoms with Crippen LogP contribution in [0.4, 0.5) is 4.39 Å². The lowest BCUT2D eigenvalue weighted by Gasteiger charge is -2.08. The number of oxime groups is 1. The summed E-state index contributed by atoms with van der Waals surface area (Å²) in [4.78, 5) is 5.46. The van der Waals surface area contributed by atoms with Crippen molar-refractivity contribution < 1.29 is 9.23 Å². The highest BCUT2D eigenvalue weighted by atomic mass is 19.1. The predicted molar refractivity (Wildman–Crippen MR) is 91.3 cm³/mol. The summed E-state index contributed by atoms with van der Waals surface area (Å²) in [6, 6.07) is 16.3. The van der Waals surface area contributed by atoms with E-state index >= 15 is 0 Å². The largest absolute Gasteiger partial charge is 0.388 e. The van der Waals surface area contributed by atoms with Crippen molar-refractivity contribution in [2.45, 2.75) is 19.6 Å². The van der Waals surface area contributed by atoms with Gasteiger partial charge in [-0.05, 0) is 30.2 Å². The van der Waals surface area contributed by atoms with Gasteiger partial charge in [0.25, 0.3) is 0 Å². The fourth-order valence-corrected chi connectivity index (χ4v) is 2.28. The molecular weight excluding hydrogens is 305 g/mol. The van der Waals surface area contributed by atoms with Gasteiger partial charge in [0.1, 0.15) is 11.9 Å². The van der Waals surface area contributed by atoms with Crippen LogP contribution in [0.5, 0.6) is 0 Å². The minimum atomic E-state index is -0.239. The molecule has 122 valence electrons. The molecule has 2 aromatic carbocycles. The molecule has 3 aromatic rings. The second kappa shape index (κ2) is 7.55. The van der Waals surface area contributed by atoms with Crippen LogP contribution in [0.25, 0.3) is 0 Å². The van der Waals surface area contributed by atoms with Crippen molar-refractivity contribution >= 4 is 6.21 Å². The zero-order valence-corrected chi connectivity index (χ0v) is 13.3. The third kappa shape index (κ3) is 4.29. The molecular formula is C19H18FN3O. The summed E-state index contributed by atoms with van der Waals surface area (Å²) >= 11 is 0. The van der Waals surface area contributed by atoms with Crippen molar-refractivity contribution in [2.75, 3.05) is 0 Å². The molecule has 1 heterocycles. The van der Waals surface area contributed by atoms with Crippen LogP contribution in [-0.2, 0) is 11.4 Å². The molecule has 24 heavy (non-hydrogen) atoms. The highest BCUT2D eigenvalue weighted by molar-refractivity contribution is 5.78. The molecule has 0 fully saturated rings. The lowest BCUT2D eigenvalue weighted by atomic mass is 10.1. The predicted octanol–water partition coefficient (Wildman–Crippen LogP) is 4.18. The van der Waals surface area contributed by atoms with Crippen LogP contribution in [-0.4, -0.2) is 16.0 Å². The van der Waals surface area contributed by atoms with Gasteiger partial charge in [0.15, 0.2) is 0 Å². The maximum atomic E-state index is 12.9. The Morgan fingerprint density at radius 2 is 1.92 bits per heavy atom. The molecule has 0 N–H and O–H groups in total. The lowest BCUT2D eigenvalue weighted by Crippen LogP contribution is -1.99. The Hall–Kier alpha value is -2.95. The van der Waals surface area contributed by atoms with E-state index in [4.69, 9.17) is 4.84 Å². The van der Waals surface area contributed by atoms with Gasteiger partial charge in [-0.2, -0.15) is 5.10 Å². The first kappa shape index (κ1) is 15.9. The summed E-state index contributed by atoms with van der Waals surface area (Å²) in [6.07, 6.45) is 5.09. The zero-order valence-electron chi connectivity index (χ0n) is 13.3. The number of aromatic nitrogens is 2. The molecule has 3 rings (SSSR count). The summed E-state index contributed by atoms with van der Waals surface area (Å²) < 4.78 is 14.7. The van der Waals surface area contributed by atoms with Crippen molar-refractivity contribution in [3.63, 3.8) is 0 Å². The average Bonchev–Trinajstić information content (AvgIpc) is 3.05. The van der Waals surface area contributed by atoms with E-state index < -0.39 is 0 Å². The minimum Gasteiger partial charge on any atom is -0.388 e. The van der Waals surface area contributed by atoms with Gasteiger partial charge in [0.05, 0.1) is 19.0 Å². The maximum Gasteiger partial charge on any atom is 0.149 e. The van der Waals surface area contributed by atoms with E-state index in [1.54, 1.807) is 29.2 Å². The second-order valence-corrected chi connectivity index (χ2v) is 5.49. The fourth-order valence-electron chi connectivity index (χ4n) is 2.28. The van der Waals surface area contributed by atoms with E-state index in [2.05, 4.69) is 10.3 Å². The molecule has 1 atom stereocenters. The number of halogens is 1.